The number of ether oxygens (including phenoxy) is 1. The number of nitrogens with one attached hydrogen (secondary N) is 2. The lowest BCUT2D eigenvalue weighted by Crippen LogP contribution is -2.28. The number of carbonyl (C=O) groups is 2. The van der Waals surface area contributed by atoms with Gasteiger partial charge in [-0.2, -0.15) is 0 Å². The van der Waals surface area contributed by atoms with Crippen LogP contribution in [0.4, 0.5) is 5.69 Å². The predicted octanol–water partition coefficient (Wildman–Crippen LogP) is 2.56. The van der Waals surface area contributed by atoms with E-state index in [1.807, 2.05) is 0 Å². The number of amides is 2. The van der Waals surface area contributed by atoms with E-state index in [2.05, 4.69) is 15.6 Å². The first-order valence-electron chi connectivity index (χ1n) is 6.76. The molecule has 1 aromatic rings. The van der Waals surface area contributed by atoms with Crippen molar-refractivity contribution in [3.05, 3.63) is 28.2 Å². The number of rotatable bonds is 6. The number of hydrogen-bond acceptors (Lipinski definition) is 5. The van der Waals surface area contributed by atoms with Crippen LogP contribution in [0.15, 0.2) is 23.2 Å². The average Bonchev–Trinajstić information content (AvgIpc) is 2.84. The van der Waals surface area contributed by atoms with Crippen molar-refractivity contribution in [3.63, 3.8) is 0 Å². The van der Waals surface area contributed by atoms with E-state index in [0.717, 1.165) is 0 Å². The fraction of sp³-hybridized carbons (Fsp3) is 0.357. The average molecular weight is 376 g/mol. The Bertz CT molecular complexity index is 640. The zero-order chi connectivity index (χ0) is 16.8. The summed E-state index contributed by atoms with van der Waals surface area (Å²) >= 11 is 13.1. The van der Waals surface area contributed by atoms with Crippen molar-refractivity contribution in [2.45, 2.75) is 11.7 Å². The fourth-order valence-corrected chi connectivity index (χ4v) is 3.17. The second kappa shape index (κ2) is 8.54. The minimum atomic E-state index is -0.519. The largest absolute Gasteiger partial charge is 0.383 e. The Morgan fingerprint density at radius 2 is 2.26 bits per heavy atom. The number of benzene rings is 1. The van der Waals surface area contributed by atoms with Gasteiger partial charge in [0.05, 0.1) is 28.9 Å². The first kappa shape index (κ1) is 18.1. The first-order chi connectivity index (χ1) is 11.0. The summed E-state index contributed by atoms with van der Waals surface area (Å²) in [5.74, 6) is -0.557. The summed E-state index contributed by atoms with van der Waals surface area (Å²) in [5, 5.41) is 5.91. The quantitative estimate of drug-likeness (QED) is 0.748. The van der Waals surface area contributed by atoms with Gasteiger partial charge in [-0.15, -0.1) is 0 Å². The summed E-state index contributed by atoms with van der Waals surface area (Å²) in [7, 11) is 1.58. The first-order valence-corrected chi connectivity index (χ1v) is 8.39. The summed E-state index contributed by atoms with van der Waals surface area (Å²) in [6.45, 7) is 0.925. The van der Waals surface area contributed by atoms with Crippen molar-refractivity contribution in [3.8, 4) is 0 Å². The summed E-state index contributed by atoms with van der Waals surface area (Å²) in [6, 6.07) is 4.95. The maximum Gasteiger partial charge on any atom is 0.240 e. The summed E-state index contributed by atoms with van der Waals surface area (Å²) in [6.07, 6.45) is 0.0165. The number of aliphatic imine (C=N–C) groups is 1. The molecule has 2 N–H and O–H groups in total. The van der Waals surface area contributed by atoms with Gasteiger partial charge in [0.25, 0.3) is 0 Å². The molecule has 1 atom stereocenters. The number of carbonyl (C=O) groups excluding carboxylic acids is 2. The molecule has 0 radical (unpaired) electrons. The molecule has 0 spiro atoms. The van der Waals surface area contributed by atoms with E-state index in [9.17, 15) is 9.59 Å². The van der Waals surface area contributed by atoms with Crippen molar-refractivity contribution >= 4 is 57.6 Å². The third-order valence-corrected chi connectivity index (χ3v) is 4.86. The molecular weight excluding hydrogens is 361 g/mol. The summed E-state index contributed by atoms with van der Waals surface area (Å²) in [5.41, 5.74) is 0.418. The molecule has 1 heterocycles. The van der Waals surface area contributed by atoms with Gasteiger partial charge < -0.3 is 15.4 Å². The van der Waals surface area contributed by atoms with E-state index in [0.29, 0.717) is 29.0 Å². The van der Waals surface area contributed by atoms with Crippen molar-refractivity contribution in [2.75, 3.05) is 25.6 Å². The highest BCUT2D eigenvalue weighted by molar-refractivity contribution is 8.15. The zero-order valence-corrected chi connectivity index (χ0v) is 14.6. The lowest BCUT2D eigenvalue weighted by atomic mass is 10.2. The van der Waals surface area contributed by atoms with Crippen molar-refractivity contribution in [1.82, 2.24) is 5.32 Å². The molecule has 1 unspecified atom stereocenters. The molecule has 1 saturated heterocycles. The lowest BCUT2D eigenvalue weighted by Gasteiger charge is -2.09. The van der Waals surface area contributed by atoms with Crippen LogP contribution in [0, 0.1) is 0 Å². The number of hydrogen-bond donors (Lipinski definition) is 2. The van der Waals surface area contributed by atoms with E-state index in [-0.39, 0.29) is 23.3 Å². The number of nitrogens with zero attached hydrogens (tertiary/aromatic N) is 1. The van der Waals surface area contributed by atoms with Gasteiger partial charge in [-0.25, -0.2) is 0 Å². The van der Waals surface area contributed by atoms with Crippen LogP contribution in [-0.2, 0) is 14.3 Å². The highest BCUT2D eigenvalue weighted by Crippen LogP contribution is 2.30. The van der Waals surface area contributed by atoms with Gasteiger partial charge in [0.2, 0.25) is 11.8 Å². The predicted molar refractivity (Wildman–Crippen MR) is 93.4 cm³/mol. The Kier molecular flexibility index (Phi) is 6.71. The van der Waals surface area contributed by atoms with Crippen LogP contribution in [0.3, 0.4) is 0 Å². The number of amidine groups is 1. The van der Waals surface area contributed by atoms with E-state index in [1.165, 1.54) is 11.8 Å². The molecule has 1 aliphatic rings. The molecule has 1 fully saturated rings. The van der Waals surface area contributed by atoms with Crippen LogP contribution in [0.1, 0.15) is 6.42 Å². The standard InChI is InChI=1S/C14H15Cl2N3O3S/c1-22-6-5-17-14-19-13(21)10(23-14)7-11(20)18-9-4-2-3-8(15)12(9)16/h2-4,10H,5-7H2,1H3,(H,18,20)(H,17,19,21). The van der Waals surface area contributed by atoms with Gasteiger partial charge in [0.1, 0.15) is 5.25 Å². The topological polar surface area (TPSA) is 79.8 Å². The van der Waals surface area contributed by atoms with Gasteiger partial charge in [0.15, 0.2) is 5.17 Å². The van der Waals surface area contributed by atoms with E-state index in [4.69, 9.17) is 27.9 Å². The Morgan fingerprint density at radius 1 is 1.48 bits per heavy atom. The maximum absolute atomic E-state index is 12.1. The Hall–Kier alpha value is -1.28. The van der Waals surface area contributed by atoms with Crippen molar-refractivity contribution in [2.24, 2.45) is 4.99 Å². The molecule has 0 aromatic heterocycles. The highest BCUT2D eigenvalue weighted by atomic mass is 35.5. The molecule has 2 amide bonds. The fourth-order valence-electron chi connectivity index (χ4n) is 1.82. The second-order valence-corrected chi connectivity index (χ2v) is 6.61. The van der Waals surface area contributed by atoms with E-state index >= 15 is 0 Å². The minimum absolute atomic E-state index is 0.0165. The monoisotopic (exact) mass is 375 g/mol. The van der Waals surface area contributed by atoms with E-state index < -0.39 is 5.25 Å². The zero-order valence-electron chi connectivity index (χ0n) is 12.3. The molecule has 6 nitrogen and oxygen atoms in total. The minimum Gasteiger partial charge on any atom is -0.383 e. The lowest BCUT2D eigenvalue weighted by molar-refractivity contribution is -0.122. The second-order valence-electron chi connectivity index (χ2n) is 4.63. The van der Waals surface area contributed by atoms with Gasteiger partial charge in [-0.05, 0) is 12.1 Å². The van der Waals surface area contributed by atoms with Crippen LogP contribution >= 0.6 is 35.0 Å². The molecule has 0 saturated carbocycles. The maximum atomic E-state index is 12.1. The normalized spacial score (nSPS) is 19.0. The third kappa shape index (κ3) is 5.10. The molecule has 1 aromatic carbocycles. The van der Waals surface area contributed by atoms with Crippen molar-refractivity contribution < 1.29 is 14.3 Å². The van der Waals surface area contributed by atoms with Gasteiger partial charge in [-0.1, -0.05) is 41.0 Å². The van der Waals surface area contributed by atoms with Gasteiger partial charge in [-0.3, -0.25) is 14.6 Å². The number of halogens is 2. The van der Waals surface area contributed by atoms with Crippen LogP contribution in [0.25, 0.3) is 0 Å². The highest BCUT2D eigenvalue weighted by Gasteiger charge is 2.32. The molecule has 9 heteroatoms. The van der Waals surface area contributed by atoms with E-state index in [1.54, 1.807) is 25.3 Å². The molecule has 23 heavy (non-hydrogen) atoms. The molecule has 0 aliphatic carbocycles. The Balaban J connectivity index is 1.91. The molecule has 1 aliphatic heterocycles. The smallest absolute Gasteiger partial charge is 0.240 e. The van der Waals surface area contributed by atoms with Crippen LogP contribution in [-0.4, -0.2) is 42.5 Å². The number of thioether (sulfide) groups is 1. The number of anilines is 1. The SMILES string of the molecule is COCCN=C1NC(=O)C(CC(=O)Nc2cccc(Cl)c2Cl)S1. The number of methoxy groups -OCH3 is 1. The van der Waals surface area contributed by atoms with Crippen LogP contribution in [0.5, 0.6) is 0 Å². The molecule has 124 valence electrons. The summed E-state index contributed by atoms with van der Waals surface area (Å²) < 4.78 is 4.89. The van der Waals surface area contributed by atoms with Crippen LogP contribution < -0.4 is 10.6 Å². The van der Waals surface area contributed by atoms with Crippen LogP contribution in [0.2, 0.25) is 10.0 Å². The van der Waals surface area contributed by atoms with Gasteiger partial charge in [0, 0.05) is 13.5 Å². The van der Waals surface area contributed by atoms with Crippen molar-refractivity contribution in [1.29, 1.82) is 0 Å². The third-order valence-electron chi connectivity index (χ3n) is 2.92. The Morgan fingerprint density at radius 3 is 3.00 bits per heavy atom. The van der Waals surface area contributed by atoms with Gasteiger partial charge >= 0.3 is 0 Å². The molecule has 2 rings (SSSR count). The molecular formula is C14H15Cl2N3O3S. The Labute approximate surface area is 148 Å². The summed E-state index contributed by atoms with van der Waals surface area (Å²) in [4.78, 5) is 28.1. The molecule has 0 bridgehead atoms.